The highest BCUT2D eigenvalue weighted by Crippen LogP contribution is 2.18. The van der Waals surface area contributed by atoms with Gasteiger partial charge in [0, 0.05) is 17.1 Å². The molecule has 1 unspecified atom stereocenters. The molecule has 1 amide bonds. The van der Waals surface area contributed by atoms with E-state index >= 15 is 0 Å². The number of rotatable bonds is 4. The first-order valence-electron chi connectivity index (χ1n) is 8.03. The highest BCUT2D eigenvalue weighted by molar-refractivity contribution is 9.10. The molecule has 1 aliphatic rings. The van der Waals surface area contributed by atoms with Crippen molar-refractivity contribution in [1.29, 1.82) is 0 Å². The van der Waals surface area contributed by atoms with E-state index in [9.17, 15) is 4.79 Å². The minimum absolute atomic E-state index is 0. The summed E-state index contributed by atoms with van der Waals surface area (Å²) in [7, 11) is 0. The lowest BCUT2D eigenvalue weighted by Crippen LogP contribution is -2.45. The minimum atomic E-state index is -0.0288. The predicted octanol–water partition coefficient (Wildman–Crippen LogP) is 3.10. The fourth-order valence-corrected chi connectivity index (χ4v) is 3.21. The van der Waals surface area contributed by atoms with E-state index in [-0.39, 0.29) is 24.4 Å². The number of aromatic nitrogens is 2. The first-order valence-corrected chi connectivity index (χ1v) is 8.82. The molecule has 3 rings (SSSR count). The van der Waals surface area contributed by atoms with Crippen molar-refractivity contribution in [2.24, 2.45) is 0 Å². The minimum Gasteiger partial charge on any atom is -0.348 e. The van der Waals surface area contributed by atoms with E-state index < -0.39 is 0 Å². The lowest BCUT2D eigenvalue weighted by atomic mass is 10.1. The lowest BCUT2D eigenvalue weighted by molar-refractivity contribution is 0.0929. The Hall–Kier alpha value is -1.37. The van der Waals surface area contributed by atoms with Gasteiger partial charge in [0.1, 0.15) is 0 Å². The summed E-state index contributed by atoms with van der Waals surface area (Å²) in [6.07, 6.45) is 4.55. The van der Waals surface area contributed by atoms with Gasteiger partial charge >= 0.3 is 0 Å². The summed E-state index contributed by atoms with van der Waals surface area (Å²) >= 11 is 3.44. The van der Waals surface area contributed by atoms with E-state index in [4.69, 9.17) is 0 Å². The maximum Gasteiger partial charge on any atom is 0.255 e. The molecular formula is C17H22BrClN4O. The second-order valence-electron chi connectivity index (χ2n) is 5.76. The van der Waals surface area contributed by atoms with E-state index in [1.165, 1.54) is 0 Å². The quantitative estimate of drug-likeness (QED) is 0.810. The van der Waals surface area contributed by atoms with Crippen molar-refractivity contribution in [1.82, 2.24) is 20.4 Å². The van der Waals surface area contributed by atoms with Crippen LogP contribution in [0, 0.1) is 0 Å². The molecule has 1 atom stereocenters. The molecule has 1 aromatic carbocycles. The number of hydrogen-bond donors (Lipinski definition) is 2. The maximum atomic E-state index is 12.6. The van der Waals surface area contributed by atoms with Crippen LogP contribution >= 0.6 is 28.3 Å². The molecule has 0 spiro atoms. The summed E-state index contributed by atoms with van der Waals surface area (Å²) in [4.78, 5) is 12.6. The Morgan fingerprint density at radius 3 is 2.79 bits per heavy atom. The van der Waals surface area contributed by atoms with Gasteiger partial charge in [0.15, 0.2) is 0 Å². The normalized spacial score (nSPS) is 17.2. The van der Waals surface area contributed by atoms with Crippen LogP contribution in [0.1, 0.15) is 35.8 Å². The third-order valence-electron chi connectivity index (χ3n) is 4.15. The number of hydrogen-bond acceptors (Lipinski definition) is 3. The van der Waals surface area contributed by atoms with Crippen molar-refractivity contribution >= 4 is 34.2 Å². The smallest absolute Gasteiger partial charge is 0.255 e. The van der Waals surface area contributed by atoms with Crippen molar-refractivity contribution in [2.75, 3.05) is 13.1 Å². The predicted molar refractivity (Wildman–Crippen MR) is 101 cm³/mol. The van der Waals surface area contributed by atoms with Crippen molar-refractivity contribution < 1.29 is 4.79 Å². The van der Waals surface area contributed by atoms with Crippen LogP contribution in [0.2, 0.25) is 0 Å². The van der Waals surface area contributed by atoms with Crippen LogP contribution < -0.4 is 10.6 Å². The molecule has 2 heterocycles. The molecule has 2 aromatic rings. The Labute approximate surface area is 156 Å². The van der Waals surface area contributed by atoms with Crippen LogP contribution in [0.15, 0.2) is 34.9 Å². The molecule has 0 aliphatic carbocycles. The van der Waals surface area contributed by atoms with Gasteiger partial charge in [-0.2, -0.15) is 5.10 Å². The van der Waals surface area contributed by atoms with E-state index in [1.54, 1.807) is 6.20 Å². The fraction of sp³-hybridized carbons (Fsp3) is 0.412. The molecule has 0 saturated carbocycles. The summed E-state index contributed by atoms with van der Waals surface area (Å²) < 4.78 is 2.87. The van der Waals surface area contributed by atoms with Gasteiger partial charge in [0.2, 0.25) is 0 Å². The monoisotopic (exact) mass is 412 g/mol. The molecule has 0 bridgehead atoms. The number of piperidine rings is 1. The van der Waals surface area contributed by atoms with Crippen LogP contribution in [-0.2, 0) is 6.42 Å². The standard InChI is InChI=1S/C17H21BrN4O.ClH/c1-2-16-15(17(23)21-13-4-3-9-19-10-13)11-20-22(16)14-7-5-12(18)6-8-14;/h5-8,11,13,19H,2-4,9-10H2,1H3,(H,21,23);1H. The molecule has 1 fully saturated rings. The molecule has 1 saturated heterocycles. The van der Waals surface area contributed by atoms with Crippen molar-refractivity contribution in [3.05, 3.63) is 46.2 Å². The van der Waals surface area contributed by atoms with E-state index in [1.807, 2.05) is 35.9 Å². The average molecular weight is 414 g/mol. The van der Waals surface area contributed by atoms with Gasteiger partial charge in [-0.25, -0.2) is 4.68 Å². The van der Waals surface area contributed by atoms with Gasteiger partial charge in [-0.3, -0.25) is 4.79 Å². The largest absolute Gasteiger partial charge is 0.348 e. The Morgan fingerprint density at radius 2 is 2.17 bits per heavy atom. The van der Waals surface area contributed by atoms with Crippen molar-refractivity contribution in [2.45, 2.75) is 32.2 Å². The number of benzene rings is 1. The van der Waals surface area contributed by atoms with Crippen LogP contribution in [0.25, 0.3) is 5.69 Å². The zero-order valence-electron chi connectivity index (χ0n) is 13.6. The van der Waals surface area contributed by atoms with Gasteiger partial charge in [-0.05, 0) is 50.1 Å². The number of carbonyl (C=O) groups is 1. The molecule has 7 heteroatoms. The molecule has 5 nitrogen and oxygen atoms in total. The zero-order valence-corrected chi connectivity index (χ0v) is 16.0. The van der Waals surface area contributed by atoms with Crippen LogP contribution in [0.3, 0.4) is 0 Å². The fourth-order valence-electron chi connectivity index (χ4n) is 2.95. The van der Waals surface area contributed by atoms with Gasteiger partial charge in [0.05, 0.1) is 23.1 Å². The highest BCUT2D eigenvalue weighted by atomic mass is 79.9. The Balaban J connectivity index is 0.00000208. The second-order valence-corrected chi connectivity index (χ2v) is 6.68. The van der Waals surface area contributed by atoms with Gasteiger partial charge < -0.3 is 10.6 Å². The first-order chi connectivity index (χ1) is 11.2. The first kappa shape index (κ1) is 19.0. The number of nitrogens with one attached hydrogen (secondary N) is 2. The summed E-state index contributed by atoms with van der Waals surface area (Å²) in [6, 6.07) is 8.14. The van der Waals surface area contributed by atoms with Gasteiger partial charge in [-0.1, -0.05) is 22.9 Å². The topological polar surface area (TPSA) is 59.0 Å². The van der Waals surface area contributed by atoms with Crippen LogP contribution in [0.4, 0.5) is 0 Å². The summed E-state index contributed by atoms with van der Waals surface area (Å²) in [5.41, 5.74) is 2.57. The molecule has 2 N–H and O–H groups in total. The Morgan fingerprint density at radius 1 is 1.42 bits per heavy atom. The molecular weight excluding hydrogens is 392 g/mol. The lowest BCUT2D eigenvalue weighted by Gasteiger charge is -2.23. The number of halogens is 2. The third-order valence-corrected chi connectivity index (χ3v) is 4.68. The average Bonchev–Trinajstić information content (AvgIpc) is 3.00. The molecule has 1 aliphatic heterocycles. The summed E-state index contributed by atoms with van der Waals surface area (Å²) in [5, 5.41) is 10.9. The van der Waals surface area contributed by atoms with Gasteiger partial charge in [-0.15, -0.1) is 12.4 Å². The third kappa shape index (κ3) is 4.18. The molecule has 130 valence electrons. The van der Waals surface area contributed by atoms with E-state index in [0.29, 0.717) is 5.56 Å². The van der Waals surface area contributed by atoms with Crippen LogP contribution in [0.5, 0.6) is 0 Å². The zero-order chi connectivity index (χ0) is 16.2. The maximum absolute atomic E-state index is 12.6. The van der Waals surface area contributed by atoms with E-state index in [0.717, 1.165) is 48.2 Å². The number of amides is 1. The number of carbonyl (C=O) groups excluding carboxylic acids is 1. The molecule has 1 aromatic heterocycles. The summed E-state index contributed by atoms with van der Waals surface area (Å²) in [5.74, 6) is -0.0288. The molecule has 24 heavy (non-hydrogen) atoms. The Kier molecular flexibility index (Phi) is 6.83. The van der Waals surface area contributed by atoms with Crippen molar-refractivity contribution in [3.8, 4) is 5.69 Å². The highest BCUT2D eigenvalue weighted by Gasteiger charge is 2.21. The summed E-state index contributed by atoms with van der Waals surface area (Å²) in [6.45, 7) is 3.92. The Bertz CT molecular complexity index is 680. The number of nitrogens with zero attached hydrogens (tertiary/aromatic N) is 2. The SMILES string of the molecule is CCc1c(C(=O)NC2CCCNC2)cnn1-c1ccc(Br)cc1.Cl. The molecule has 0 radical (unpaired) electrons. The second kappa shape index (κ2) is 8.65. The van der Waals surface area contributed by atoms with E-state index in [2.05, 4.69) is 31.7 Å². The van der Waals surface area contributed by atoms with Gasteiger partial charge in [0.25, 0.3) is 5.91 Å². The van der Waals surface area contributed by atoms with Crippen molar-refractivity contribution in [3.63, 3.8) is 0 Å². The van der Waals surface area contributed by atoms with Crippen LogP contribution in [-0.4, -0.2) is 34.8 Å².